The third-order valence-corrected chi connectivity index (χ3v) is 3.70. The molecule has 0 bridgehead atoms. The molecule has 1 saturated carbocycles. The van der Waals surface area contributed by atoms with E-state index in [1.807, 2.05) is 0 Å². The molecule has 3 N–H and O–H groups in total. The highest BCUT2D eigenvalue weighted by Gasteiger charge is 2.15. The van der Waals surface area contributed by atoms with Crippen LogP contribution in [0.5, 0.6) is 5.75 Å². The van der Waals surface area contributed by atoms with Crippen LogP contribution in [0, 0.1) is 0 Å². The first kappa shape index (κ1) is 13.7. The Labute approximate surface area is 114 Å². The molecule has 0 heterocycles. The summed E-state index contributed by atoms with van der Waals surface area (Å²) < 4.78 is 5.34. The van der Waals surface area contributed by atoms with Gasteiger partial charge in [0.2, 0.25) is 5.91 Å². The SMILES string of the molecule is COc1ccc(C(N)=O)cc1NC1CCCCCC1. The number of carbonyl (C=O) groups is 1. The Morgan fingerprint density at radius 2 is 1.95 bits per heavy atom. The summed E-state index contributed by atoms with van der Waals surface area (Å²) >= 11 is 0. The van der Waals surface area contributed by atoms with Crippen LogP contribution in [0.3, 0.4) is 0 Å². The minimum absolute atomic E-state index is 0.411. The lowest BCUT2D eigenvalue weighted by Crippen LogP contribution is -2.19. The van der Waals surface area contributed by atoms with Crippen molar-refractivity contribution in [2.24, 2.45) is 5.73 Å². The van der Waals surface area contributed by atoms with Crippen molar-refractivity contribution < 1.29 is 9.53 Å². The van der Waals surface area contributed by atoms with E-state index in [0.717, 1.165) is 11.4 Å². The molecule has 0 aromatic heterocycles. The van der Waals surface area contributed by atoms with E-state index in [9.17, 15) is 4.79 Å². The van der Waals surface area contributed by atoms with Crippen molar-refractivity contribution in [1.82, 2.24) is 0 Å². The average Bonchev–Trinajstić information content (AvgIpc) is 2.67. The molecular weight excluding hydrogens is 240 g/mol. The zero-order chi connectivity index (χ0) is 13.7. The highest BCUT2D eigenvalue weighted by molar-refractivity contribution is 5.94. The topological polar surface area (TPSA) is 64.3 Å². The first-order chi connectivity index (χ1) is 9.20. The maximum Gasteiger partial charge on any atom is 0.248 e. The Balaban J connectivity index is 2.16. The molecule has 1 aromatic carbocycles. The molecule has 0 unspecified atom stereocenters. The van der Waals surface area contributed by atoms with Crippen molar-refractivity contribution in [2.75, 3.05) is 12.4 Å². The monoisotopic (exact) mass is 262 g/mol. The van der Waals surface area contributed by atoms with E-state index >= 15 is 0 Å². The number of nitrogens with one attached hydrogen (secondary N) is 1. The summed E-state index contributed by atoms with van der Waals surface area (Å²) in [6.07, 6.45) is 7.49. The van der Waals surface area contributed by atoms with E-state index in [1.54, 1.807) is 25.3 Å². The Bertz CT molecular complexity index is 438. The highest BCUT2D eigenvalue weighted by Crippen LogP contribution is 2.29. The van der Waals surface area contributed by atoms with Crippen LogP contribution in [-0.4, -0.2) is 19.1 Å². The van der Waals surface area contributed by atoms with Crippen molar-refractivity contribution in [2.45, 2.75) is 44.6 Å². The summed E-state index contributed by atoms with van der Waals surface area (Å²) in [7, 11) is 1.64. The summed E-state index contributed by atoms with van der Waals surface area (Å²) in [4.78, 5) is 11.3. The van der Waals surface area contributed by atoms with Crippen LogP contribution in [0.15, 0.2) is 18.2 Å². The Kier molecular flexibility index (Phi) is 4.66. The molecule has 4 heteroatoms. The number of nitrogens with two attached hydrogens (primary N) is 1. The fourth-order valence-corrected chi connectivity index (χ4v) is 2.62. The molecule has 1 aliphatic carbocycles. The summed E-state index contributed by atoms with van der Waals surface area (Å²) in [5.41, 5.74) is 6.70. The van der Waals surface area contributed by atoms with E-state index in [1.165, 1.54) is 38.5 Å². The van der Waals surface area contributed by atoms with Gasteiger partial charge in [-0.1, -0.05) is 25.7 Å². The standard InChI is InChI=1S/C15H22N2O2/c1-19-14-9-8-11(15(16)18)10-13(14)17-12-6-4-2-3-5-7-12/h8-10,12,17H,2-7H2,1H3,(H2,16,18). The third kappa shape index (κ3) is 3.63. The van der Waals surface area contributed by atoms with Crippen LogP contribution >= 0.6 is 0 Å². The lowest BCUT2D eigenvalue weighted by atomic mass is 10.1. The smallest absolute Gasteiger partial charge is 0.248 e. The summed E-state index contributed by atoms with van der Waals surface area (Å²) in [6.45, 7) is 0. The van der Waals surface area contributed by atoms with Gasteiger partial charge in [0.25, 0.3) is 0 Å². The van der Waals surface area contributed by atoms with Crippen molar-refractivity contribution in [3.05, 3.63) is 23.8 Å². The molecule has 0 spiro atoms. The van der Waals surface area contributed by atoms with Crippen LogP contribution < -0.4 is 15.8 Å². The van der Waals surface area contributed by atoms with Crippen molar-refractivity contribution in [3.63, 3.8) is 0 Å². The van der Waals surface area contributed by atoms with Crippen LogP contribution in [0.1, 0.15) is 48.9 Å². The molecule has 19 heavy (non-hydrogen) atoms. The Hall–Kier alpha value is -1.71. The number of ether oxygens (including phenoxy) is 1. The molecular formula is C15H22N2O2. The van der Waals surface area contributed by atoms with E-state index in [2.05, 4.69) is 5.32 Å². The number of primary amides is 1. The average molecular weight is 262 g/mol. The van der Waals surface area contributed by atoms with Crippen LogP contribution in [-0.2, 0) is 0 Å². The quantitative estimate of drug-likeness (QED) is 0.820. The molecule has 0 aliphatic heterocycles. The molecule has 1 aromatic rings. The second-order valence-electron chi connectivity index (χ2n) is 5.11. The minimum Gasteiger partial charge on any atom is -0.495 e. The molecule has 2 rings (SSSR count). The second-order valence-corrected chi connectivity index (χ2v) is 5.11. The maximum absolute atomic E-state index is 11.3. The summed E-state index contributed by atoms with van der Waals surface area (Å²) in [6, 6.07) is 5.73. The molecule has 0 radical (unpaired) electrons. The van der Waals surface area contributed by atoms with Gasteiger partial charge in [0.1, 0.15) is 5.75 Å². The number of carbonyl (C=O) groups excluding carboxylic acids is 1. The second kappa shape index (κ2) is 6.45. The zero-order valence-corrected chi connectivity index (χ0v) is 11.4. The molecule has 1 aliphatic rings. The number of hydrogen-bond donors (Lipinski definition) is 2. The number of methoxy groups -OCH3 is 1. The lowest BCUT2D eigenvalue weighted by Gasteiger charge is -2.20. The van der Waals surface area contributed by atoms with Gasteiger partial charge in [-0.25, -0.2) is 0 Å². The number of anilines is 1. The first-order valence-corrected chi connectivity index (χ1v) is 6.95. The largest absolute Gasteiger partial charge is 0.495 e. The molecule has 0 saturated heterocycles. The van der Waals surface area contributed by atoms with E-state index in [-0.39, 0.29) is 0 Å². The van der Waals surface area contributed by atoms with E-state index < -0.39 is 5.91 Å². The molecule has 1 amide bonds. The van der Waals surface area contributed by atoms with Gasteiger partial charge in [0.05, 0.1) is 12.8 Å². The fourth-order valence-electron chi connectivity index (χ4n) is 2.62. The van der Waals surface area contributed by atoms with Gasteiger partial charge in [-0.15, -0.1) is 0 Å². The van der Waals surface area contributed by atoms with Gasteiger partial charge in [-0.3, -0.25) is 4.79 Å². The van der Waals surface area contributed by atoms with Crippen molar-refractivity contribution >= 4 is 11.6 Å². The number of amides is 1. The van der Waals surface area contributed by atoms with Crippen LogP contribution in [0.2, 0.25) is 0 Å². The van der Waals surface area contributed by atoms with Gasteiger partial charge in [0, 0.05) is 11.6 Å². The number of benzene rings is 1. The molecule has 4 nitrogen and oxygen atoms in total. The van der Waals surface area contributed by atoms with Crippen LogP contribution in [0.4, 0.5) is 5.69 Å². The fraction of sp³-hybridized carbons (Fsp3) is 0.533. The predicted molar refractivity (Wildman–Crippen MR) is 76.6 cm³/mol. The number of rotatable bonds is 4. The Morgan fingerprint density at radius 3 is 2.53 bits per heavy atom. The molecule has 0 atom stereocenters. The predicted octanol–water partition coefficient (Wildman–Crippen LogP) is 2.93. The maximum atomic E-state index is 11.3. The molecule has 104 valence electrons. The third-order valence-electron chi connectivity index (χ3n) is 3.70. The van der Waals surface area contributed by atoms with E-state index in [4.69, 9.17) is 10.5 Å². The minimum atomic E-state index is -0.411. The van der Waals surface area contributed by atoms with Gasteiger partial charge >= 0.3 is 0 Å². The highest BCUT2D eigenvalue weighted by atomic mass is 16.5. The van der Waals surface area contributed by atoms with Crippen molar-refractivity contribution in [1.29, 1.82) is 0 Å². The van der Waals surface area contributed by atoms with Gasteiger partial charge < -0.3 is 15.8 Å². The summed E-state index contributed by atoms with van der Waals surface area (Å²) in [5, 5.41) is 3.50. The zero-order valence-electron chi connectivity index (χ0n) is 11.4. The van der Waals surface area contributed by atoms with Gasteiger partial charge in [-0.05, 0) is 31.0 Å². The number of hydrogen-bond acceptors (Lipinski definition) is 3. The van der Waals surface area contributed by atoms with E-state index in [0.29, 0.717) is 11.6 Å². The Morgan fingerprint density at radius 1 is 1.26 bits per heavy atom. The van der Waals surface area contributed by atoms with Gasteiger partial charge in [0.15, 0.2) is 0 Å². The van der Waals surface area contributed by atoms with Gasteiger partial charge in [-0.2, -0.15) is 0 Å². The molecule has 1 fully saturated rings. The first-order valence-electron chi connectivity index (χ1n) is 6.95. The lowest BCUT2D eigenvalue weighted by molar-refractivity contribution is 0.100. The van der Waals surface area contributed by atoms with Crippen molar-refractivity contribution in [3.8, 4) is 5.75 Å². The van der Waals surface area contributed by atoms with Crippen LogP contribution in [0.25, 0.3) is 0 Å². The normalized spacial score (nSPS) is 16.7. The summed E-state index contributed by atoms with van der Waals surface area (Å²) in [5.74, 6) is 0.348.